The normalized spacial score (nSPS) is 15.5. The summed E-state index contributed by atoms with van der Waals surface area (Å²) in [5.41, 5.74) is 0.688. The van der Waals surface area contributed by atoms with Crippen molar-refractivity contribution < 1.29 is 22.5 Å². The lowest BCUT2D eigenvalue weighted by Gasteiger charge is -2.26. The van der Waals surface area contributed by atoms with Gasteiger partial charge >= 0.3 is 0 Å². The van der Waals surface area contributed by atoms with Gasteiger partial charge in [-0.1, -0.05) is 6.42 Å². The van der Waals surface area contributed by atoms with E-state index in [9.17, 15) is 13.2 Å². The van der Waals surface area contributed by atoms with Gasteiger partial charge in [-0.05, 0) is 50.2 Å². The number of hydrogen-bond donors (Lipinski definition) is 1. The van der Waals surface area contributed by atoms with E-state index in [1.165, 1.54) is 32.4 Å². The van der Waals surface area contributed by atoms with E-state index in [-0.39, 0.29) is 0 Å². The maximum Gasteiger partial charge on any atom is 0.261 e. The van der Waals surface area contributed by atoms with Crippen molar-refractivity contribution in [2.75, 3.05) is 32.5 Å². The lowest BCUT2D eigenvalue weighted by molar-refractivity contribution is 0.112. The molecule has 0 spiro atoms. The van der Waals surface area contributed by atoms with E-state index in [0.29, 0.717) is 11.8 Å². The summed E-state index contributed by atoms with van der Waals surface area (Å²) in [6, 6.07) is 7.26. The minimum atomic E-state index is -3.67. The van der Waals surface area contributed by atoms with Crippen molar-refractivity contribution in [3.05, 3.63) is 29.8 Å². The van der Waals surface area contributed by atoms with Crippen LogP contribution in [-0.4, -0.2) is 56.7 Å². The molecule has 0 unspecified atom stereocenters. The van der Waals surface area contributed by atoms with Gasteiger partial charge in [0.2, 0.25) is 0 Å². The van der Waals surface area contributed by atoms with E-state index >= 15 is 0 Å². The van der Waals surface area contributed by atoms with Crippen LogP contribution < -0.4 is 4.74 Å². The SMILES string of the molecule is CS(=O)(=O)O.O=Cc1ccc(OCCN2CCCCC2)cc1. The van der Waals surface area contributed by atoms with Gasteiger partial charge in [0.1, 0.15) is 18.6 Å². The van der Waals surface area contributed by atoms with Crippen molar-refractivity contribution >= 4 is 16.4 Å². The molecule has 2 rings (SSSR count). The molecule has 1 heterocycles. The fraction of sp³-hybridized carbons (Fsp3) is 0.533. The Labute approximate surface area is 131 Å². The highest BCUT2D eigenvalue weighted by Crippen LogP contribution is 2.12. The Morgan fingerprint density at radius 2 is 1.73 bits per heavy atom. The van der Waals surface area contributed by atoms with Crippen LogP contribution in [-0.2, 0) is 10.1 Å². The summed E-state index contributed by atoms with van der Waals surface area (Å²) in [5.74, 6) is 0.840. The lowest BCUT2D eigenvalue weighted by atomic mass is 10.1. The summed E-state index contributed by atoms with van der Waals surface area (Å²) in [4.78, 5) is 12.9. The van der Waals surface area contributed by atoms with Crippen LogP contribution in [0.5, 0.6) is 5.75 Å². The molecule has 1 aromatic carbocycles. The number of ether oxygens (including phenoxy) is 1. The zero-order chi connectivity index (χ0) is 16.4. The molecule has 0 aromatic heterocycles. The molecular formula is C15H23NO5S. The predicted molar refractivity (Wildman–Crippen MR) is 85.1 cm³/mol. The summed E-state index contributed by atoms with van der Waals surface area (Å²) < 4.78 is 31.5. The maximum atomic E-state index is 10.5. The van der Waals surface area contributed by atoms with Gasteiger partial charge in [0.25, 0.3) is 10.1 Å². The average molecular weight is 329 g/mol. The van der Waals surface area contributed by atoms with Gasteiger partial charge in [0.15, 0.2) is 0 Å². The third kappa shape index (κ3) is 9.49. The Hall–Kier alpha value is -1.44. The maximum absolute atomic E-state index is 10.5. The van der Waals surface area contributed by atoms with Crippen molar-refractivity contribution in [3.8, 4) is 5.75 Å². The molecule has 1 saturated heterocycles. The smallest absolute Gasteiger partial charge is 0.261 e. The van der Waals surface area contributed by atoms with E-state index in [4.69, 9.17) is 9.29 Å². The van der Waals surface area contributed by atoms with Crippen molar-refractivity contribution in [1.29, 1.82) is 0 Å². The van der Waals surface area contributed by atoms with E-state index in [2.05, 4.69) is 4.90 Å². The molecule has 0 bridgehead atoms. The van der Waals surface area contributed by atoms with E-state index in [0.717, 1.165) is 25.2 Å². The fourth-order valence-electron chi connectivity index (χ4n) is 2.12. The first-order valence-electron chi connectivity index (χ1n) is 7.21. The molecule has 1 aromatic rings. The highest BCUT2D eigenvalue weighted by Gasteiger charge is 2.09. The monoisotopic (exact) mass is 329 g/mol. The van der Waals surface area contributed by atoms with Crippen molar-refractivity contribution in [3.63, 3.8) is 0 Å². The van der Waals surface area contributed by atoms with Crippen molar-refractivity contribution in [2.24, 2.45) is 0 Å². The van der Waals surface area contributed by atoms with Crippen LogP contribution in [0.15, 0.2) is 24.3 Å². The molecule has 22 heavy (non-hydrogen) atoms. The third-order valence-electron chi connectivity index (χ3n) is 3.14. The van der Waals surface area contributed by atoms with E-state index in [1.807, 2.05) is 12.1 Å². The molecule has 1 fully saturated rings. The molecular weight excluding hydrogens is 306 g/mol. The van der Waals surface area contributed by atoms with Gasteiger partial charge < -0.3 is 4.74 Å². The first-order chi connectivity index (χ1) is 10.4. The first-order valence-corrected chi connectivity index (χ1v) is 9.06. The molecule has 124 valence electrons. The second-order valence-electron chi connectivity index (χ2n) is 5.17. The van der Waals surface area contributed by atoms with Gasteiger partial charge in [-0.15, -0.1) is 0 Å². The summed E-state index contributed by atoms with van der Waals surface area (Å²) in [6.07, 6.45) is 5.55. The molecule has 0 saturated carbocycles. The van der Waals surface area contributed by atoms with Crippen molar-refractivity contribution in [1.82, 2.24) is 4.90 Å². The zero-order valence-electron chi connectivity index (χ0n) is 12.8. The van der Waals surface area contributed by atoms with Gasteiger partial charge in [-0.25, -0.2) is 0 Å². The number of hydrogen-bond acceptors (Lipinski definition) is 5. The standard InChI is InChI=1S/C14H19NO2.CH4O3S/c16-12-13-4-6-14(7-5-13)17-11-10-15-8-2-1-3-9-15;1-5(2,3)4/h4-7,12H,1-3,8-11H2;1H3,(H,2,3,4). The minimum Gasteiger partial charge on any atom is -0.492 e. The number of benzene rings is 1. The quantitative estimate of drug-likeness (QED) is 0.656. The molecule has 6 nitrogen and oxygen atoms in total. The summed E-state index contributed by atoms with van der Waals surface area (Å²) >= 11 is 0. The fourth-order valence-corrected chi connectivity index (χ4v) is 2.12. The molecule has 0 amide bonds. The number of carbonyl (C=O) groups excluding carboxylic acids is 1. The predicted octanol–water partition coefficient (Wildman–Crippen LogP) is 1.87. The highest BCUT2D eigenvalue weighted by atomic mass is 32.2. The highest BCUT2D eigenvalue weighted by molar-refractivity contribution is 7.85. The van der Waals surface area contributed by atoms with E-state index in [1.54, 1.807) is 12.1 Å². The van der Waals surface area contributed by atoms with Crippen LogP contribution in [0, 0.1) is 0 Å². The second kappa shape index (κ2) is 9.55. The number of likely N-dealkylation sites (tertiary alicyclic amines) is 1. The Balaban J connectivity index is 0.000000422. The first kappa shape index (κ1) is 18.6. The van der Waals surface area contributed by atoms with Crippen LogP contribution in [0.4, 0.5) is 0 Å². The minimum absolute atomic E-state index is 0.688. The lowest BCUT2D eigenvalue weighted by Crippen LogP contribution is -2.33. The Kier molecular flexibility index (Phi) is 8.08. The topological polar surface area (TPSA) is 83.9 Å². The zero-order valence-corrected chi connectivity index (χ0v) is 13.6. The molecule has 1 N–H and O–H groups in total. The summed E-state index contributed by atoms with van der Waals surface area (Å²) in [5, 5.41) is 0. The van der Waals surface area contributed by atoms with Crippen LogP contribution in [0.2, 0.25) is 0 Å². The molecule has 0 atom stereocenters. The van der Waals surface area contributed by atoms with E-state index < -0.39 is 10.1 Å². The Morgan fingerprint density at radius 3 is 2.23 bits per heavy atom. The van der Waals surface area contributed by atoms with Gasteiger partial charge in [-0.3, -0.25) is 14.2 Å². The molecule has 1 aliphatic rings. The van der Waals surface area contributed by atoms with Crippen LogP contribution in [0.3, 0.4) is 0 Å². The number of carbonyl (C=O) groups is 1. The van der Waals surface area contributed by atoms with Gasteiger partial charge in [0, 0.05) is 12.1 Å². The van der Waals surface area contributed by atoms with Crippen molar-refractivity contribution in [2.45, 2.75) is 19.3 Å². The summed E-state index contributed by atoms with van der Waals surface area (Å²) in [6.45, 7) is 4.12. The number of nitrogens with zero attached hydrogens (tertiary/aromatic N) is 1. The van der Waals surface area contributed by atoms with Crippen LogP contribution >= 0.6 is 0 Å². The number of piperidine rings is 1. The molecule has 7 heteroatoms. The van der Waals surface area contributed by atoms with Gasteiger partial charge in [0.05, 0.1) is 6.26 Å². The number of rotatable bonds is 5. The third-order valence-corrected chi connectivity index (χ3v) is 3.14. The summed E-state index contributed by atoms with van der Waals surface area (Å²) in [7, 11) is -3.67. The van der Waals surface area contributed by atoms with Crippen LogP contribution in [0.1, 0.15) is 29.6 Å². The molecule has 1 aliphatic heterocycles. The molecule has 0 aliphatic carbocycles. The Morgan fingerprint density at radius 1 is 1.18 bits per heavy atom. The largest absolute Gasteiger partial charge is 0.492 e. The number of aldehydes is 1. The van der Waals surface area contributed by atoms with Gasteiger partial charge in [-0.2, -0.15) is 8.42 Å². The molecule has 0 radical (unpaired) electrons. The average Bonchev–Trinajstić information content (AvgIpc) is 2.47. The van der Waals surface area contributed by atoms with Crippen LogP contribution in [0.25, 0.3) is 0 Å². The Bertz CT molecular complexity index is 528. The second-order valence-corrected chi connectivity index (χ2v) is 6.64.